The summed E-state index contributed by atoms with van der Waals surface area (Å²) in [5.74, 6) is 0.145. The van der Waals surface area contributed by atoms with Gasteiger partial charge in [0.1, 0.15) is 0 Å². The Bertz CT molecular complexity index is 538. The molecule has 106 valence electrons. The van der Waals surface area contributed by atoms with Gasteiger partial charge in [-0.3, -0.25) is 9.59 Å². The van der Waals surface area contributed by atoms with Crippen LogP contribution in [0.25, 0.3) is 0 Å². The summed E-state index contributed by atoms with van der Waals surface area (Å²) in [7, 11) is 0. The van der Waals surface area contributed by atoms with E-state index < -0.39 is 11.8 Å². The summed E-state index contributed by atoms with van der Waals surface area (Å²) in [6.45, 7) is 1.50. The summed E-state index contributed by atoms with van der Waals surface area (Å²) >= 11 is 0. The molecule has 3 rings (SSSR count). The van der Waals surface area contributed by atoms with Gasteiger partial charge in [-0.2, -0.15) is 0 Å². The second-order valence-electron chi connectivity index (χ2n) is 4.88. The normalized spacial score (nSPS) is 16.9. The number of nitrogens with one attached hydrogen (secondary N) is 1. The Morgan fingerprint density at radius 1 is 1.05 bits per heavy atom. The van der Waals surface area contributed by atoms with Gasteiger partial charge >= 0.3 is 11.8 Å². The predicted octanol–water partition coefficient (Wildman–Crippen LogP) is 1.37. The third kappa shape index (κ3) is 2.54. The number of carbonyl (C=O) groups is 2. The molecular weight excluding hydrogens is 260 g/mol. The van der Waals surface area contributed by atoms with Crippen LogP contribution in [0.4, 0.5) is 5.69 Å². The van der Waals surface area contributed by atoms with E-state index in [1.54, 1.807) is 23.1 Å². The summed E-state index contributed by atoms with van der Waals surface area (Å²) in [5.41, 5.74) is 0.532. The van der Waals surface area contributed by atoms with E-state index in [2.05, 4.69) is 5.32 Å². The first-order chi connectivity index (χ1) is 9.74. The van der Waals surface area contributed by atoms with Crippen molar-refractivity contribution < 1.29 is 19.1 Å². The SMILES string of the molecule is O=C(Nc1ccc2c(c1)OCO2)C(=O)N1CCCCC1. The third-order valence-corrected chi connectivity index (χ3v) is 3.47. The maximum atomic E-state index is 12.0. The predicted molar refractivity (Wildman–Crippen MR) is 71.6 cm³/mol. The quantitative estimate of drug-likeness (QED) is 0.787. The van der Waals surface area contributed by atoms with E-state index in [-0.39, 0.29) is 6.79 Å². The Morgan fingerprint density at radius 3 is 2.60 bits per heavy atom. The van der Waals surface area contributed by atoms with Crippen molar-refractivity contribution in [3.63, 3.8) is 0 Å². The van der Waals surface area contributed by atoms with E-state index in [1.165, 1.54) is 0 Å². The van der Waals surface area contributed by atoms with Crippen molar-refractivity contribution in [3.8, 4) is 11.5 Å². The summed E-state index contributed by atoms with van der Waals surface area (Å²) in [5, 5.41) is 2.60. The van der Waals surface area contributed by atoms with E-state index in [4.69, 9.17) is 9.47 Å². The molecule has 0 spiro atoms. The Kier molecular flexibility index (Phi) is 3.45. The lowest BCUT2D eigenvalue weighted by Gasteiger charge is -2.25. The van der Waals surface area contributed by atoms with Crippen molar-refractivity contribution in [1.29, 1.82) is 0 Å². The van der Waals surface area contributed by atoms with Gasteiger partial charge < -0.3 is 19.7 Å². The molecule has 6 nitrogen and oxygen atoms in total. The van der Waals surface area contributed by atoms with Crippen LogP contribution in [-0.4, -0.2) is 36.6 Å². The monoisotopic (exact) mass is 276 g/mol. The summed E-state index contributed by atoms with van der Waals surface area (Å²) in [4.78, 5) is 25.5. The average Bonchev–Trinajstić information content (AvgIpc) is 2.95. The number of hydrogen-bond donors (Lipinski definition) is 1. The largest absolute Gasteiger partial charge is 0.454 e. The minimum atomic E-state index is -0.606. The van der Waals surface area contributed by atoms with Crippen LogP contribution in [0.2, 0.25) is 0 Å². The highest BCUT2D eigenvalue weighted by Gasteiger charge is 2.24. The molecule has 0 unspecified atom stereocenters. The van der Waals surface area contributed by atoms with E-state index >= 15 is 0 Å². The molecule has 20 heavy (non-hydrogen) atoms. The van der Waals surface area contributed by atoms with Gasteiger partial charge in [-0.25, -0.2) is 0 Å². The van der Waals surface area contributed by atoms with E-state index in [0.717, 1.165) is 19.3 Å². The third-order valence-electron chi connectivity index (χ3n) is 3.47. The molecule has 0 aromatic heterocycles. The molecule has 0 aliphatic carbocycles. The van der Waals surface area contributed by atoms with E-state index in [1.807, 2.05) is 0 Å². The van der Waals surface area contributed by atoms with Crippen molar-refractivity contribution >= 4 is 17.5 Å². The number of fused-ring (bicyclic) bond motifs is 1. The number of carbonyl (C=O) groups excluding carboxylic acids is 2. The van der Waals surface area contributed by atoms with Crippen molar-refractivity contribution in [2.45, 2.75) is 19.3 Å². The van der Waals surface area contributed by atoms with Gasteiger partial charge in [-0.15, -0.1) is 0 Å². The summed E-state index contributed by atoms with van der Waals surface area (Å²) < 4.78 is 10.4. The van der Waals surface area contributed by atoms with Crippen LogP contribution >= 0.6 is 0 Å². The number of piperidine rings is 1. The van der Waals surface area contributed by atoms with Crippen LogP contribution in [0, 0.1) is 0 Å². The topological polar surface area (TPSA) is 67.9 Å². The number of anilines is 1. The lowest BCUT2D eigenvalue weighted by molar-refractivity contribution is -0.143. The molecule has 0 bridgehead atoms. The molecule has 2 aliphatic rings. The number of nitrogens with zero attached hydrogens (tertiary/aromatic N) is 1. The molecule has 1 fully saturated rings. The molecule has 1 aromatic rings. The second kappa shape index (κ2) is 5.40. The first-order valence-electron chi connectivity index (χ1n) is 6.74. The Hall–Kier alpha value is -2.24. The Morgan fingerprint density at radius 2 is 1.80 bits per heavy atom. The van der Waals surface area contributed by atoms with Crippen LogP contribution in [0.3, 0.4) is 0 Å². The maximum absolute atomic E-state index is 12.0. The van der Waals surface area contributed by atoms with Gasteiger partial charge in [0.15, 0.2) is 11.5 Å². The van der Waals surface area contributed by atoms with Gasteiger partial charge in [0.25, 0.3) is 0 Å². The number of amides is 2. The highest BCUT2D eigenvalue weighted by Crippen LogP contribution is 2.34. The number of benzene rings is 1. The summed E-state index contributed by atoms with van der Waals surface area (Å²) in [6.07, 6.45) is 3.04. The highest BCUT2D eigenvalue weighted by molar-refractivity contribution is 6.39. The van der Waals surface area contributed by atoms with Crippen molar-refractivity contribution in [3.05, 3.63) is 18.2 Å². The maximum Gasteiger partial charge on any atom is 0.313 e. The zero-order chi connectivity index (χ0) is 13.9. The van der Waals surface area contributed by atoms with Crippen LogP contribution in [0.1, 0.15) is 19.3 Å². The molecule has 0 saturated carbocycles. The zero-order valence-electron chi connectivity index (χ0n) is 11.1. The first-order valence-corrected chi connectivity index (χ1v) is 6.74. The molecule has 2 aliphatic heterocycles. The molecule has 1 aromatic carbocycles. The molecule has 2 heterocycles. The minimum Gasteiger partial charge on any atom is -0.454 e. The fraction of sp³-hybridized carbons (Fsp3) is 0.429. The van der Waals surface area contributed by atoms with Gasteiger partial charge in [-0.1, -0.05) is 0 Å². The molecule has 6 heteroatoms. The number of likely N-dealkylation sites (tertiary alicyclic amines) is 1. The van der Waals surface area contributed by atoms with Crippen LogP contribution in [0.5, 0.6) is 11.5 Å². The summed E-state index contributed by atoms with van der Waals surface area (Å²) in [6, 6.07) is 5.06. The van der Waals surface area contributed by atoms with Crippen LogP contribution < -0.4 is 14.8 Å². The molecule has 1 N–H and O–H groups in total. The van der Waals surface area contributed by atoms with Crippen LogP contribution in [0.15, 0.2) is 18.2 Å². The van der Waals surface area contributed by atoms with Gasteiger partial charge in [0, 0.05) is 24.8 Å². The lowest BCUT2D eigenvalue weighted by Crippen LogP contribution is -2.42. The Balaban J connectivity index is 1.64. The number of ether oxygens (including phenoxy) is 2. The fourth-order valence-corrected chi connectivity index (χ4v) is 2.40. The highest BCUT2D eigenvalue weighted by atomic mass is 16.7. The van der Waals surface area contributed by atoms with Crippen LogP contribution in [-0.2, 0) is 9.59 Å². The Labute approximate surface area is 116 Å². The van der Waals surface area contributed by atoms with Gasteiger partial charge in [0.05, 0.1) is 0 Å². The second-order valence-corrected chi connectivity index (χ2v) is 4.88. The molecule has 0 radical (unpaired) electrons. The molecule has 2 amide bonds. The molecule has 0 atom stereocenters. The number of rotatable bonds is 1. The van der Waals surface area contributed by atoms with Crippen molar-refractivity contribution in [2.75, 3.05) is 25.2 Å². The van der Waals surface area contributed by atoms with Gasteiger partial charge in [-0.05, 0) is 31.4 Å². The minimum absolute atomic E-state index is 0.180. The molecular formula is C14H16N2O4. The van der Waals surface area contributed by atoms with E-state index in [0.29, 0.717) is 30.3 Å². The van der Waals surface area contributed by atoms with E-state index in [9.17, 15) is 9.59 Å². The zero-order valence-corrected chi connectivity index (χ0v) is 11.1. The first kappa shape index (κ1) is 12.8. The average molecular weight is 276 g/mol. The van der Waals surface area contributed by atoms with Crippen molar-refractivity contribution in [2.24, 2.45) is 0 Å². The smallest absolute Gasteiger partial charge is 0.313 e. The van der Waals surface area contributed by atoms with Crippen molar-refractivity contribution in [1.82, 2.24) is 4.90 Å². The standard InChI is InChI=1S/C14H16N2O4/c17-13(14(18)16-6-2-1-3-7-16)15-10-4-5-11-12(8-10)20-9-19-11/h4-5,8H,1-3,6-7,9H2,(H,15,17). The number of hydrogen-bond acceptors (Lipinski definition) is 4. The van der Waals surface area contributed by atoms with Gasteiger partial charge in [0.2, 0.25) is 6.79 Å². The fourth-order valence-electron chi connectivity index (χ4n) is 2.40. The molecule has 1 saturated heterocycles. The lowest BCUT2D eigenvalue weighted by atomic mass is 10.1.